The molecule has 9 nitrogen and oxygen atoms in total. The second-order valence-corrected chi connectivity index (χ2v) is 9.56. The number of sulfonamides is 1. The molecule has 2 heterocycles. The Morgan fingerprint density at radius 1 is 0.882 bits per heavy atom. The number of carbonyl (C=O) groups is 3. The van der Waals surface area contributed by atoms with Crippen molar-refractivity contribution in [1.29, 1.82) is 0 Å². The van der Waals surface area contributed by atoms with Crippen LogP contribution in [0.15, 0.2) is 65.1 Å². The molecule has 0 radical (unpaired) electrons. The number of aromatic nitrogens is 1. The van der Waals surface area contributed by atoms with Crippen molar-refractivity contribution in [2.24, 2.45) is 5.14 Å². The number of nitrogens with zero attached hydrogens (tertiary/aromatic N) is 2. The third kappa shape index (κ3) is 4.16. The van der Waals surface area contributed by atoms with E-state index in [1.807, 2.05) is 18.4 Å². The number of hydrogen-bond donors (Lipinski definition) is 2. The van der Waals surface area contributed by atoms with E-state index < -0.39 is 27.9 Å². The van der Waals surface area contributed by atoms with E-state index in [1.54, 1.807) is 49.4 Å². The number of anilines is 1. The lowest BCUT2D eigenvalue weighted by molar-refractivity contribution is -0.122. The number of carbonyl (C=O) groups excluding carboxylic acids is 3. The molecule has 1 aliphatic rings. The highest BCUT2D eigenvalue weighted by atomic mass is 32.2. The molecule has 174 valence electrons. The molecule has 0 atom stereocenters. The molecule has 0 bridgehead atoms. The number of benzene rings is 2. The first-order chi connectivity index (χ1) is 16.0. The third-order valence-corrected chi connectivity index (χ3v) is 6.52. The van der Waals surface area contributed by atoms with Crippen LogP contribution in [0.3, 0.4) is 0 Å². The van der Waals surface area contributed by atoms with Crippen molar-refractivity contribution in [3.63, 3.8) is 0 Å². The standard InChI is InChI=1S/C24H22N4O5S/c1-14-4-6-19(7-5-14)28-23(30)21(22(29)26-24(28)31)13-17-12-15(2)27(16(17)3)18-8-10-20(11-9-18)34(25,32)33/h4-13H,1-3H3,(H2,25,32,33)(H,26,29,31)/b21-13+. The minimum absolute atomic E-state index is 0.00797. The van der Waals surface area contributed by atoms with Gasteiger partial charge < -0.3 is 4.57 Å². The van der Waals surface area contributed by atoms with Gasteiger partial charge in [0.05, 0.1) is 10.6 Å². The van der Waals surface area contributed by atoms with Crippen molar-refractivity contribution < 1.29 is 22.8 Å². The van der Waals surface area contributed by atoms with Crippen LogP contribution in [0, 0.1) is 20.8 Å². The van der Waals surface area contributed by atoms with Crippen LogP contribution in [-0.2, 0) is 19.6 Å². The number of urea groups is 1. The van der Waals surface area contributed by atoms with Crippen LogP contribution >= 0.6 is 0 Å². The molecular formula is C24H22N4O5S. The quantitative estimate of drug-likeness (QED) is 0.440. The van der Waals surface area contributed by atoms with Crippen molar-refractivity contribution in [2.75, 3.05) is 4.90 Å². The largest absolute Gasteiger partial charge is 0.335 e. The Morgan fingerprint density at radius 3 is 2.06 bits per heavy atom. The minimum Gasteiger partial charge on any atom is -0.318 e. The number of nitrogens with one attached hydrogen (secondary N) is 1. The van der Waals surface area contributed by atoms with Gasteiger partial charge in [0, 0.05) is 17.1 Å². The first kappa shape index (κ1) is 23.1. The number of aryl methyl sites for hydroxylation is 2. The highest BCUT2D eigenvalue weighted by molar-refractivity contribution is 7.89. The van der Waals surface area contributed by atoms with E-state index in [0.717, 1.165) is 16.2 Å². The zero-order valence-corrected chi connectivity index (χ0v) is 19.5. The van der Waals surface area contributed by atoms with Gasteiger partial charge >= 0.3 is 6.03 Å². The summed E-state index contributed by atoms with van der Waals surface area (Å²) in [6, 6.07) is 13.8. The number of barbiturate groups is 1. The molecule has 1 saturated heterocycles. The molecule has 10 heteroatoms. The molecule has 34 heavy (non-hydrogen) atoms. The lowest BCUT2D eigenvalue weighted by Gasteiger charge is -2.26. The van der Waals surface area contributed by atoms with Gasteiger partial charge in [0.15, 0.2) is 0 Å². The Bertz CT molecular complexity index is 1470. The summed E-state index contributed by atoms with van der Waals surface area (Å²) in [4.78, 5) is 39.0. The van der Waals surface area contributed by atoms with Gasteiger partial charge in [-0.2, -0.15) is 0 Å². The smallest absolute Gasteiger partial charge is 0.318 e. The average molecular weight is 479 g/mol. The molecule has 2 aromatic carbocycles. The average Bonchev–Trinajstić information content (AvgIpc) is 3.04. The van der Waals surface area contributed by atoms with E-state index in [-0.39, 0.29) is 10.5 Å². The molecule has 3 N–H and O–H groups in total. The van der Waals surface area contributed by atoms with Gasteiger partial charge in [0.25, 0.3) is 11.8 Å². The second kappa shape index (κ2) is 8.40. The maximum atomic E-state index is 13.1. The van der Waals surface area contributed by atoms with E-state index in [1.165, 1.54) is 18.2 Å². The maximum Gasteiger partial charge on any atom is 0.335 e. The van der Waals surface area contributed by atoms with Gasteiger partial charge in [-0.25, -0.2) is 23.3 Å². The summed E-state index contributed by atoms with van der Waals surface area (Å²) in [5.41, 5.74) is 3.94. The van der Waals surface area contributed by atoms with Crippen LogP contribution in [0.1, 0.15) is 22.5 Å². The van der Waals surface area contributed by atoms with E-state index >= 15 is 0 Å². The Morgan fingerprint density at radius 2 is 1.47 bits per heavy atom. The number of nitrogens with two attached hydrogens (primary N) is 1. The van der Waals surface area contributed by atoms with Gasteiger partial charge in [0.1, 0.15) is 5.57 Å². The third-order valence-electron chi connectivity index (χ3n) is 5.59. The molecule has 4 amide bonds. The van der Waals surface area contributed by atoms with Crippen molar-refractivity contribution in [1.82, 2.24) is 9.88 Å². The fraction of sp³-hybridized carbons (Fsp3) is 0.125. The topological polar surface area (TPSA) is 132 Å². The van der Waals surface area contributed by atoms with Crippen LogP contribution in [0.4, 0.5) is 10.5 Å². The zero-order valence-electron chi connectivity index (χ0n) is 18.7. The molecule has 0 spiro atoms. The Labute approximate surface area is 196 Å². The van der Waals surface area contributed by atoms with E-state index in [9.17, 15) is 22.8 Å². The molecule has 4 rings (SSSR count). The zero-order chi connectivity index (χ0) is 24.8. The summed E-state index contributed by atoms with van der Waals surface area (Å²) < 4.78 is 24.9. The normalized spacial score (nSPS) is 15.7. The van der Waals surface area contributed by atoms with E-state index in [2.05, 4.69) is 5.32 Å². The Balaban J connectivity index is 1.73. The van der Waals surface area contributed by atoms with Gasteiger partial charge in [-0.05, 0) is 74.9 Å². The van der Waals surface area contributed by atoms with Crippen LogP contribution in [-0.4, -0.2) is 30.8 Å². The number of rotatable bonds is 4. The van der Waals surface area contributed by atoms with E-state index in [4.69, 9.17) is 5.14 Å². The van der Waals surface area contributed by atoms with E-state index in [0.29, 0.717) is 22.6 Å². The lowest BCUT2D eigenvalue weighted by atomic mass is 10.1. The number of amides is 4. The van der Waals surface area contributed by atoms with Gasteiger partial charge in [0.2, 0.25) is 10.0 Å². The molecular weight excluding hydrogens is 456 g/mol. The highest BCUT2D eigenvalue weighted by Gasteiger charge is 2.37. The lowest BCUT2D eigenvalue weighted by Crippen LogP contribution is -2.54. The first-order valence-electron chi connectivity index (χ1n) is 10.3. The summed E-state index contributed by atoms with van der Waals surface area (Å²) in [5, 5.41) is 7.39. The molecule has 3 aromatic rings. The number of hydrogen-bond acceptors (Lipinski definition) is 5. The first-order valence-corrected chi connectivity index (χ1v) is 11.8. The predicted octanol–water partition coefficient (Wildman–Crippen LogP) is 2.72. The number of imide groups is 2. The fourth-order valence-corrected chi connectivity index (χ4v) is 4.37. The van der Waals surface area contributed by atoms with Crippen LogP contribution < -0.4 is 15.4 Å². The molecule has 0 unspecified atom stereocenters. The minimum atomic E-state index is -3.82. The fourth-order valence-electron chi connectivity index (χ4n) is 3.86. The number of primary sulfonamides is 1. The van der Waals surface area contributed by atoms with Crippen LogP contribution in [0.5, 0.6) is 0 Å². The SMILES string of the molecule is Cc1ccc(N2C(=O)NC(=O)/C(=C\c3cc(C)n(-c4ccc(S(N)(=O)=O)cc4)c3C)C2=O)cc1. The Kier molecular flexibility index (Phi) is 5.72. The van der Waals surface area contributed by atoms with Crippen LogP contribution in [0.2, 0.25) is 0 Å². The summed E-state index contributed by atoms with van der Waals surface area (Å²) in [5.74, 6) is -1.50. The molecule has 1 aromatic heterocycles. The summed E-state index contributed by atoms with van der Waals surface area (Å²) >= 11 is 0. The summed E-state index contributed by atoms with van der Waals surface area (Å²) in [6.07, 6.45) is 1.45. The van der Waals surface area contributed by atoms with Crippen molar-refractivity contribution in [3.8, 4) is 5.69 Å². The van der Waals surface area contributed by atoms with Gasteiger partial charge in [-0.15, -0.1) is 0 Å². The summed E-state index contributed by atoms with van der Waals surface area (Å²) in [6.45, 7) is 5.53. The van der Waals surface area contributed by atoms with Crippen LogP contribution in [0.25, 0.3) is 11.8 Å². The van der Waals surface area contributed by atoms with Crippen molar-refractivity contribution in [3.05, 3.63) is 82.7 Å². The molecule has 1 fully saturated rings. The maximum absolute atomic E-state index is 13.1. The predicted molar refractivity (Wildman–Crippen MR) is 127 cm³/mol. The van der Waals surface area contributed by atoms with Gasteiger partial charge in [-0.1, -0.05) is 17.7 Å². The van der Waals surface area contributed by atoms with Crippen molar-refractivity contribution >= 4 is 39.6 Å². The molecule has 0 aliphatic carbocycles. The van der Waals surface area contributed by atoms with Gasteiger partial charge in [-0.3, -0.25) is 14.9 Å². The second-order valence-electron chi connectivity index (χ2n) is 7.99. The Hall–Kier alpha value is -4.02. The monoisotopic (exact) mass is 478 g/mol. The highest BCUT2D eigenvalue weighted by Crippen LogP contribution is 2.26. The van der Waals surface area contributed by atoms with Crippen molar-refractivity contribution in [2.45, 2.75) is 25.7 Å². The summed E-state index contributed by atoms with van der Waals surface area (Å²) in [7, 11) is -3.82. The molecule has 1 aliphatic heterocycles. The molecule has 0 saturated carbocycles.